The second-order valence-electron chi connectivity index (χ2n) is 6.33. The smallest absolute Gasteiger partial charge is 0.119 e. The first-order chi connectivity index (χ1) is 13.7. The Morgan fingerprint density at radius 1 is 0.857 bits per heavy atom. The molecule has 28 heavy (non-hydrogen) atoms. The summed E-state index contributed by atoms with van der Waals surface area (Å²) in [5.41, 5.74) is 3.82. The predicted molar refractivity (Wildman–Crippen MR) is 117 cm³/mol. The average molecular weight is 394 g/mol. The van der Waals surface area contributed by atoms with Crippen LogP contribution in [0.25, 0.3) is 10.6 Å². The number of hydrogen-bond acceptors (Lipinski definition) is 3. The van der Waals surface area contributed by atoms with E-state index in [0.717, 1.165) is 41.1 Å². The zero-order valence-electron chi connectivity index (χ0n) is 15.9. The molecule has 3 rings (SSSR count). The van der Waals surface area contributed by atoms with E-state index < -0.39 is 0 Å². The van der Waals surface area contributed by atoms with Crippen LogP contribution in [-0.4, -0.2) is 24.8 Å². The molecule has 2 N–H and O–H groups in total. The summed E-state index contributed by atoms with van der Waals surface area (Å²) in [6, 6.07) is 24.9. The number of benzene rings is 3. The molecule has 0 aliphatic rings. The van der Waals surface area contributed by atoms with Gasteiger partial charge in [0.05, 0.1) is 5.03 Å². The van der Waals surface area contributed by atoms with Crippen LogP contribution in [0.2, 0.25) is 0 Å². The van der Waals surface area contributed by atoms with Crippen molar-refractivity contribution >= 4 is 22.2 Å². The second kappa shape index (κ2) is 9.98. The summed E-state index contributed by atoms with van der Waals surface area (Å²) in [6.45, 7) is 4.45. The first-order valence-electron chi connectivity index (χ1n) is 9.37. The number of hydrogen-bond donors (Lipinski definition) is 2. The van der Waals surface area contributed by atoms with Gasteiger partial charge in [0, 0.05) is 12.1 Å². The summed E-state index contributed by atoms with van der Waals surface area (Å²) >= 11 is 6.81. The lowest BCUT2D eigenvalue weighted by molar-refractivity contribution is 0.315. The average Bonchev–Trinajstić information content (AvgIpc) is 2.74. The number of ether oxygens (including phenoxy) is 1. The molecule has 0 radical (unpaired) electrons. The van der Waals surface area contributed by atoms with Crippen LogP contribution in [0.3, 0.4) is 0 Å². The molecule has 0 fully saturated rings. The predicted octanol–water partition coefficient (Wildman–Crippen LogP) is 5.54. The maximum Gasteiger partial charge on any atom is 0.119 e. The standard InChI is InChI=1S/C24H24ClNO2/c1-2-26-16-17-28-22-14-10-19(11-15-22)23(18-6-4-3-5-7-18)24(25)20-8-12-21(27)13-9-20/h3-15,26-27H,2,16-17H2,1H3/b24-23-. The molecule has 0 atom stereocenters. The van der Waals surface area contributed by atoms with Crippen molar-refractivity contribution in [3.8, 4) is 11.5 Å². The molecule has 0 aliphatic heterocycles. The van der Waals surface area contributed by atoms with E-state index in [2.05, 4.69) is 12.2 Å². The molecular formula is C24H24ClNO2. The molecule has 0 amide bonds. The highest BCUT2D eigenvalue weighted by Crippen LogP contribution is 2.35. The first kappa shape index (κ1) is 20.0. The van der Waals surface area contributed by atoms with Crippen molar-refractivity contribution in [2.45, 2.75) is 6.92 Å². The van der Waals surface area contributed by atoms with Gasteiger partial charge in [-0.1, -0.05) is 61.0 Å². The Bertz CT molecular complexity index is 904. The minimum atomic E-state index is 0.216. The van der Waals surface area contributed by atoms with Gasteiger partial charge in [0.2, 0.25) is 0 Å². The zero-order valence-corrected chi connectivity index (χ0v) is 16.6. The first-order valence-corrected chi connectivity index (χ1v) is 9.75. The summed E-state index contributed by atoms with van der Waals surface area (Å²) < 4.78 is 5.77. The van der Waals surface area contributed by atoms with Gasteiger partial charge in [0.15, 0.2) is 0 Å². The highest BCUT2D eigenvalue weighted by Gasteiger charge is 2.13. The topological polar surface area (TPSA) is 41.5 Å². The summed E-state index contributed by atoms with van der Waals surface area (Å²) in [5, 5.41) is 13.4. The van der Waals surface area contributed by atoms with E-state index in [9.17, 15) is 5.11 Å². The molecule has 3 aromatic carbocycles. The van der Waals surface area contributed by atoms with Crippen molar-refractivity contribution in [1.82, 2.24) is 5.32 Å². The molecule has 0 saturated carbocycles. The minimum Gasteiger partial charge on any atom is -0.508 e. The van der Waals surface area contributed by atoms with Crippen LogP contribution in [0, 0.1) is 0 Å². The number of aromatic hydroxyl groups is 1. The van der Waals surface area contributed by atoms with E-state index in [1.165, 1.54) is 0 Å². The quantitative estimate of drug-likeness (QED) is 0.390. The molecule has 0 bridgehead atoms. The van der Waals surface area contributed by atoms with Crippen molar-refractivity contribution in [2.24, 2.45) is 0 Å². The van der Waals surface area contributed by atoms with E-state index in [1.807, 2.05) is 66.7 Å². The molecule has 0 aromatic heterocycles. The molecule has 0 heterocycles. The van der Waals surface area contributed by atoms with E-state index in [1.54, 1.807) is 12.1 Å². The van der Waals surface area contributed by atoms with Gasteiger partial charge >= 0.3 is 0 Å². The maximum atomic E-state index is 9.57. The summed E-state index contributed by atoms with van der Waals surface area (Å²) in [7, 11) is 0. The zero-order chi connectivity index (χ0) is 19.8. The third-order valence-corrected chi connectivity index (χ3v) is 4.75. The van der Waals surface area contributed by atoms with Crippen LogP contribution < -0.4 is 10.1 Å². The molecule has 0 unspecified atom stereocenters. The third-order valence-electron chi connectivity index (χ3n) is 4.34. The lowest BCUT2D eigenvalue weighted by Gasteiger charge is -2.14. The number of nitrogens with one attached hydrogen (secondary N) is 1. The number of likely N-dealkylation sites (N-methyl/N-ethyl adjacent to an activating group) is 1. The molecule has 144 valence electrons. The summed E-state index contributed by atoms with van der Waals surface area (Å²) in [4.78, 5) is 0. The van der Waals surface area contributed by atoms with Crippen LogP contribution in [0.4, 0.5) is 0 Å². The van der Waals surface area contributed by atoms with Gasteiger partial charge in [0.1, 0.15) is 18.1 Å². The Morgan fingerprint density at radius 3 is 2.11 bits per heavy atom. The third kappa shape index (κ3) is 5.16. The van der Waals surface area contributed by atoms with E-state index in [4.69, 9.17) is 16.3 Å². The van der Waals surface area contributed by atoms with Gasteiger partial charge < -0.3 is 15.2 Å². The van der Waals surface area contributed by atoms with Crippen LogP contribution in [0.15, 0.2) is 78.9 Å². The fourth-order valence-electron chi connectivity index (χ4n) is 2.91. The lowest BCUT2D eigenvalue weighted by atomic mass is 9.95. The Labute approximate surface area is 171 Å². The minimum absolute atomic E-state index is 0.216. The SMILES string of the molecule is CCNCCOc1ccc(/C(=C(\Cl)c2ccc(O)cc2)c2ccccc2)cc1. The highest BCUT2D eigenvalue weighted by molar-refractivity contribution is 6.53. The Kier molecular flexibility index (Phi) is 7.12. The fourth-order valence-corrected chi connectivity index (χ4v) is 3.26. The number of rotatable bonds is 8. The van der Waals surface area contributed by atoms with Gasteiger partial charge in [0.25, 0.3) is 0 Å². The molecule has 0 aliphatic carbocycles. The molecule has 4 heteroatoms. The lowest BCUT2D eigenvalue weighted by Crippen LogP contribution is -2.20. The summed E-state index contributed by atoms with van der Waals surface area (Å²) in [5.74, 6) is 1.04. The van der Waals surface area contributed by atoms with Gasteiger partial charge in [-0.2, -0.15) is 0 Å². The molecular weight excluding hydrogens is 370 g/mol. The van der Waals surface area contributed by atoms with E-state index in [0.29, 0.717) is 11.6 Å². The van der Waals surface area contributed by atoms with Crippen LogP contribution >= 0.6 is 11.6 Å². The van der Waals surface area contributed by atoms with Crippen molar-refractivity contribution < 1.29 is 9.84 Å². The molecule has 0 spiro atoms. The van der Waals surface area contributed by atoms with Crippen LogP contribution in [0.1, 0.15) is 23.6 Å². The van der Waals surface area contributed by atoms with Gasteiger partial charge in [-0.05, 0) is 59.6 Å². The summed E-state index contributed by atoms with van der Waals surface area (Å²) in [6.07, 6.45) is 0. The van der Waals surface area contributed by atoms with Gasteiger partial charge in [-0.3, -0.25) is 0 Å². The number of halogens is 1. The van der Waals surface area contributed by atoms with Gasteiger partial charge in [-0.15, -0.1) is 0 Å². The van der Waals surface area contributed by atoms with Gasteiger partial charge in [-0.25, -0.2) is 0 Å². The van der Waals surface area contributed by atoms with Crippen molar-refractivity contribution in [3.05, 3.63) is 95.6 Å². The fraction of sp³-hybridized carbons (Fsp3) is 0.167. The van der Waals surface area contributed by atoms with E-state index >= 15 is 0 Å². The largest absolute Gasteiger partial charge is 0.508 e. The number of phenolic OH excluding ortho intramolecular Hbond substituents is 1. The second-order valence-corrected chi connectivity index (χ2v) is 6.71. The number of phenols is 1. The van der Waals surface area contributed by atoms with Crippen molar-refractivity contribution in [1.29, 1.82) is 0 Å². The monoisotopic (exact) mass is 393 g/mol. The van der Waals surface area contributed by atoms with Crippen LogP contribution in [-0.2, 0) is 0 Å². The molecule has 3 nitrogen and oxygen atoms in total. The Balaban J connectivity index is 1.94. The normalized spacial score (nSPS) is 11.8. The van der Waals surface area contributed by atoms with Crippen molar-refractivity contribution in [3.63, 3.8) is 0 Å². The van der Waals surface area contributed by atoms with E-state index in [-0.39, 0.29) is 5.75 Å². The maximum absolute atomic E-state index is 9.57. The molecule has 3 aromatic rings. The van der Waals surface area contributed by atoms with Crippen LogP contribution in [0.5, 0.6) is 11.5 Å². The molecule has 0 saturated heterocycles. The van der Waals surface area contributed by atoms with Crippen molar-refractivity contribution in [2.75, 3.05) is 19.7 Å². The highest BCUT2D eigenvalue weighted by atomic mass is 35.5. The Hall–Kier alpha value is -2.75. The Morgan fingerprint density at radius 2 is 1.46 bits per heavy atom.